The van der Waals surface area contributed by atoms with Crippen molar-refractivity contribution < 1.29 is 13.9 Å². The highest BCUT2D eigenvalue weighted by atomic mass is 28.1. The van der Waals surface area contributed by atoms with Crippen LogP contribution in [0.25, 0.3) is 0 Å². The van der Waals surface area contributed by atoms with Gasteiger partial charge in [0.25, 0.3) is 0 Å². The number of carbonyl (C=O) groups is 1. The molecule has 1 fully saturated rings. The molecule has 3 nitrogen and oxygen atoms in total. The Balaban J connectivity index is 2.06. The van der Waals surface area contributed by atoms with Crippen LogP contribution in [-0.4, -0.2) is 22.8 Å². The molecule has 3 heterocycles. The number of hydrogen-bond acceptors (Lipinski definition) is 3. The van der Waals surface area contributed by atoms with E-state index < -0.39 is 0 Å². The van der Waals surface area contributed by atoms with Crippen LogP contribution in [0.15, 0.2) is 10.5 Å². The van der Waals surface area contributed by atoms with Gasteiger partial charge in [0.1, 0.15) is 18.1 Å². The van der Waals surface area contributed by atoms with Gasteiger partial charge in [-0.05, 0) is 11.3 Å². The van der Waals surface area contributed by atoms with Crippen LogP contribution < -0.4 is 5.19 Å². The Morgan fingerprint density at radius 1 is 1.46 bits per heavy atom. The van der Waals surface area contributed by atoms with Crippen molar-refractivity contribution in [2.75, 3.05) is 6.61 Å². The van der Waals surface area contributed by atoms with Gasteiger partial charge in [-0.1, -0.05) is 0 Å². The topological polar surface area (TPSA) is 39.4 Å². The zero-order chi connectivity index (χ0) is 9.05. The van der Waals surface area contributed by atoms with Gasteiger partial charge in [0.05, 0.1) is 11.8 Å². The predicted molar refractivity (Wildman–Crippen MR) is 49.2 cm³/mol. The molecule has 13 heavy (non-hydrogen) atoms. The Morgan fingerprint density at radius 3 is 2.77 bits per heavy atom. The fourth-order valence-corrected chi connectivity index (χ4v) is 2.76. The number of ether oxygens (including phenoxy) is 1. The normalized spacial score (nSPS) is 30.3. The lowest BCUT2D eigenvalue weighted by atomic mass is 9.80. The molecule has 2 bridgehead atoms. The largest absolute Gasteiger partial charge is 0.465 e. The molecule has 0 aliphatic carbocycles. The third-order valence-corrected chi connectivity index (χ3v) is 3.88. The summed E-state index contributed by atoms with van der Waals surface area (Å²) in [5, 5.41) is 1.33. The summed E-state index contributed by atoms with van der Waals surface area (Å²) in [6.07, 6.45) is 1.38. The van der Waals surface area contributed by atoms with Crippen molar-refractivity contribution in [3.05, 3.63) is 17.6 Å². The van der Waals surface area contributed by atoms with Crippen molar-refractivity contribution in [2.45, 2.75) is 18.3 Å². The smallest absolute Gasteiger partial charge is 0.306 e. The average molecular weight is 194 g/mol. The molecular formula is C9H10O3Si. The molecule has 1 aromatic rings. The van der Waals surface area contributed by atoms with E-state index in [-0.39, 0.29) is 11.4 Å². The Labute approximate surface area is 78.5 Å². The highest BCUT2D eigenvalue weighted by Gasteiger charge is 2.49. The molecule has 1 aromatic heterocycles. The van der Waals surface area contributed by atoms with Crippen LogP contribution in [0.3, 0.4) is 0 Å². The first-order valence-corrected chi connectivity index (χ1v) is 5.45. The van der Waals surface area contributed by atoms with Gasteiger partial charge in [-0.15, -0.1) is 0 Å². The molecule has 2 aliphatic rings. The van der Waals surface area contributed by atoms with E-state index in [9.17, 15) is 4.79 Å². The van der Waals surface area contributed by atoms with E-state index in [1.807, 2.05) is 0 Å². The molecule has 1 spiro atoms. The number of hydrogen-bond donors (Lipinski definition) is 0. The zero-order valence-corrected chi connectivity index (χ0v) is 9.42. The lowest BCUT2D eigenvalue weighted by Crippen LogP contribution is -2.30. The number of fused-ring (bicyclic) bond motifs is 3. The van der Waals surface area contributed by atoms with Crippen LogP contribution in [0.5, 0.6) is 0 Å². The van der Waals surface area contributed by atoms with Crippen LogP contribution in [0, 0.1) is 0 Å². The van der Waals surface area contributed by atoms with E-state index in [2.05, 4.69) is 6.07 Å². The summed E-state index contributed by atoms with van der Waals surface area (Å²) in [5.74, 6) is 1.96. The second-order valence-corrected chi connectivity index (χ2v) is 5.09. The number of rotatable bonds is 0. The van der Waals surface area contributed by atoms with Crippen molar-refractivity contribution in [3.63, 3.8) is 0 Å². The lowest BCUT2D eigenvalue weighted by Gasteiger charge is -2.18. The SMILES string of the molecule is O=C1CC2(CO1)Cc1oc2cc1[SiH3]. The van der Waals surface area contributed by atoms with Crippen molar-refractivity contribution in [1.29, 1.82) is 0 Å². The number of cyclic esters (lactones) is 1. The molecule has 4 heteroatoms. The third kappa shape index (κ3) is 0.811. The van der Waals surface area contributed by atoms with Gasteiger partial charge in [-0.3, -0.25) is 4.79 Å². The van der Waals surface area contributed by atoms with E-state index in [1.165, 1.54) is 5.19 Å². The fourth-order valence-electron chi connectivity index (χ4n) is 2.22. The number of carbonyl (C=O) groups excluding carboxylic acids is 1. The molecule has 0 radical (unpaired) electrons. The van der Waals surface area contributed by atoms with Crippen LogP contribution in [0.2, 0.25) is 0 Å². The van der Waals surface area contributed by atoms with Gasteiger partial charge < -0.3 is 9.15 Å². The van der Waals surface area contributed by atoms with E-state index >= 15 is 0 Å². The van der Waals surface area contributed by atoms with E-state index in [0.717, 1.165) is 28.2 Å². The van der Waals surface area contributed by atoms with Crippen molar-refractivity contribution in [1.82, 2.24) is 0 Å². The maximum Gasteiger partial charge on any atom is 0.306 e. The number of furan rings is 1. The van der Waals surface area contributed by atoms with Crippen LogP contribution in [-0.2, 0) is 21.4 Å². The van der Waals surface area contributed by atoms with Gasteiger partial charge in [0, 0.05) is 16.7 Å². The monoisotopic (exact) mass is 194 g/mol. The predicted octanol–water partition coefficient (Wildman–Crippen LogP) is -0.989. The average Bonchev–Trinajstić information content (AvgIpc) is 2.68. The molecule has 0 saturated carbocycles. The Bertz CT molecular complexity index is 392. The van der Waals surface area contributed by atoms with Gasteiger partial charge in [0.2, 0.25) is 0 Å². The first kappa shape index (κ1) is 7.38. The minimum absolute atomic E-state index is 0.0902. The first-order valence-electron chi connectivity index (χ1n) is 4.45. The fraction of sp³-hybridized carbons (Fsp3) is 0.444. The molecule has 0 amide bonds. The zero-order valence-electron chi connectivity index (χ0n) is 7.42. The minimum atomic E-state index is -0.111. The molecule has 1 saturated heterocycles. The van der Waals surface area contributed by atoms with Gasteiger partial charge >= 0.3 is 5.97 Å². The number of esters is 1. The molecular weight excluding hydrogens is 184 g/mol. The quantitative estimate of drug-likeness (QED) is 0.393. The van der Waals surface area contributed by atoms with Crippen molar-refractivity contribution in [3.8, 4) is 0 Å². The molecule has 0 aromatic carbocycles. The summed E-state index contributed by atoms with van der Waals surface area (Å²) < 4.78 is 10.6. The molecule has 1 unspecified atom stereocenters. The lowest BCUT2D eigenvalue weighted by molar-refractivity contribution is -0.137. The molecule has 1 atom stereocenters. The van der Waals surface area contributed by atoms with Crippen molar-refractivity contribution in [2.24, 2.45) is 0 Å². The van der Waals surface area contributed by atoms with Crippen molar-refractivity contribution >= 4 is 21.4 Å². The highest BCUT2D eigenvalue weighted by Crippen LogP contribution is 2.42. The minimum Gasteiger partial charge on any atom is -0.465 e. The summed E-state index contributed by atoms with van der Waals surface area (Å²) in [7, 11) is 1.03. The maximum atomic E-state index is 11.0. The summed E-state index contributed by atoms with van der Waals surface area (Å²) in [6, 6.07) is 2.09. The molecule has 2 aliphatic heterocycles. The standard InChI is InChI=1S/C9H10O3Si/c10-8-3-9(4-11-8)2-5-6(13)1-7(9)12-5/h1H,2-4H2,13H3. The van der Waals surface area contributed by atoms with Gasteiger partial charge in [0.15, 0.2) is 0 Å². The molecule has 68 valence electrons. The molecule has 0 N–H and O–H groups in total. The van der Waals surface area contributed by atoms with E-state index in [4.69, 9.17) is 9.15 Å². The molecule has 3 rings (SSSR count). The first-order chi connectivity index (χ1) is 6.20. The Morgan fingerprint density at radius 2 is 2.31 bits per heavy atom. The summed E-state index contributed by atoms with van der Waals surface area (Å²) >= 11 is 0. The Hall–Kier alpha value is -1.03. The summed E-state index contributed by atoms with van der Waals surface area (Å²) in [5.41, 5.74) is -0.111. The van der Waals surface area contributed by atoms with E-state index in [0.29, 0.717) is 13.0 Å². The second kappa shape index (κ2) is 2.07. The van der Waals surface area contributed by atoms with Crippen LogP contribution in [0.1, 0.15) is 17.9 Å². The van der Waals surface area contributed by atoms with E-state index in [1.54, 1.807) is 0 Å². The van der Waals surface area contributed by atoms with Gasteiger partial charge in [-0.2, -0.15) is 0 Å². The summed E-state index contributed by atoms with van der Waals surface area (Å²) in [4.78, 5) is 11.0. The Kier molecular flexibility index (Phi) is 1.17. The van der Waals surface area contributed by atoms with Crippen LogP contribution >= 0.6 is 0 Å². The highest BCUT2D eigenvalue weighted by molar-refractivity contribution is 6.33. The van der Waals surface area contributed by atoms with Gasteiger partial charge in [-0.25, -0.2) is 0 Å². The maximum absolute atomic E-state index is 11.0. The van der Waals surface area contributed by atoms with Crippen LogP contribution in [0.4, 0.5) is 0 Å². The second-order valence-electron chi connectivity index (χ2n) is 4.01. The summed E-state index contributed by atoms with van der Waals surface area (Å²) in [6.45, 7) is 0.510. The third-order valence-electron chi connectivity index (χ3n) is 3.03.